The molecule has 1 N–H and O–H groups in total. The number of piperidine rings is 1. The van der Waals surface area contributed by atoms with Crippen molar-refractivity contribution < 1.29 is 14.3 Å². The first kappa shape index (κ1) is 16.9. The first-order chi connectivity index (χ1) is 12.6. The van der Waals surface area contributed by atoms with E-state index in [4.69, 9.17) is 9.47 Å². The van der Waals surface area contributed by atoms with Gasteiger partial charge in [0.1, 0.15) is 5.82 Å². The summed E-state index contributed by atoms with van der Waals surface area (Å²) in [4.78, 5) is 22.7. The lowest BCUT2D eigenvalue weighted by molar-refractivity contribution is -0.169. The molecule has 2 saturated heterocycles. The molecule has 3 heterocycles. The van der Waals surface area contributed by atoms with Crippen LogP contribution in [0.25, 0.3) is 0 Å². The Balaban J connectivity index is 1.45. The molecule has 136 valence electrons. The van der Waals surface area contributed by atoms with Crippen molar-refractivity contribution in [1.29, 1.82) is 0 Å². The van der Waals surface area contributed by atoms with E-state index in [0.717, 1.165) is 37.4 Å². The summed E-state index contributed by atoms with van der Waals surface area (Å²) < 4.78 is 11.6. The lowest BCUT2D eigenvalue weighted by Gasteiger charge is -2.38. The van der Waals surface area contributed by atoms with E-state index in [1.54, 1.807) is 25.3 Å². The van der Waals surface area contributed by atoms with Crippen LogP contribution in [0.4, 0.5) is 17.5 Å². The van der Waals surface area contributed by atoms with Crippen LogP contribution in [-0.2, 0) is 9.47 Å². The number of ketones is 1. The fourth-order valence-electron chi connectivity index (χ4n) is 3.39. The summed E-state index contributed by atoms with van der Waals surface area (Å²) in [6.45, 7) is 4.57. The fraction of sp³-hybridized carbons (Fsp3) is 0.421. The smallest absolute Gasteiger partial charge is 0.229 e. The lowest BCUT2D eigenvalue weighted by Crippen LogP contribution is -2.45. The molecular formula is C19H22N4O3. The second-order valence-corrected chi connectivity index (χ2v) is 6.60. The minimum absolute atomic E-state index is 0.0296. The quantitative estimate of drug-likeness (QED) is 0.846. The Morgan fingerprint density at radius 3 is 2.69 bits per heavy atom. The number of nitrogens with one attached hydrogen (secondary N) is 1. The van der Waals surface area contributed by atoms with Gasteiger partial charge in [-0.1, -0.05) is 12.1 Å². The fourth-order valence-corrected chi connectivity index (χ4v) is 3.39. The molecule has 1 aromatic heterocycles. The van der Waals surface area contributed by atoms with Crippen LogP contribution in [0, 0.1) is 0 Å². The highest BCUT2D eigenvalue weighted by Crippen LogP contribution is 2.32. The van der Waals surface area contributed by atoms with Gasteiger partial charge in [0.25, 0.3) is 0 Å². The van der Waals surface area contributed by atoms with E-state index in [0.29, 0.717) is 24.7 Å². The lowest BCUT2D eigenvalue weighted by atomic mass is 10.0. The zero-order valence-electron chi connectivity index (χ0n) is 14.8. The molecule has 0 saturated carbocycles. The summed E-state index contributed by atoms with van der Waals surface area (Å²) in [7, 11) is 0. The maximum atomic E-state index is 11.5. The SMILES string of the molecule is CC(=O)c1cccc(Nc2nccc(N3CCC4(CC3)OCCO4)n2)c1. The molecule has 1 aromatic carbocycles. The highest BCUT2D eigenvalue weighted by molar-refractivity contribution is 5.95. The van der Waals surface area contributed by atoms with Crippen LogP contribution in [-0.4, -0.2) is 47.8 Å². The number of hydrogen-bond donors (Lipinski definition) is 1. The van der Waals surface area contributed by atoms with Gasteiger partial charge in [-0.3, -0.25) is 4.79 Å². The zero-order valence-corrected chi connectivity index (χ0v) is 14.8. The first-order valence-electron chi connectivity index (χ1n) is 8.88. The third-order valence-electron chi connectivity index (χ3n) is 4.83. The number of aromatic nitrogens is 2. The molecule has 0 amide bonds. The molecule has 1 spiro atoms. The van der Waals surface area contributed by atoms with Crippen molar-refractivity contribution in [2.45, 2.75) is 25.6 Å². The van der Waals surface area contributed by atoms with Crippen LogP contribution in [0.1, 0.15) is 30.1 Å². The van der Waals surface area contributed by atoms with E-state index in [-0.39, 0.29) is 5.78 Å². The predicted molar refractivity (Wildman–Crippen MR) is 97.8 cm³/mol. The van der Waals surface area contributed by atoms with Gasteiger partial charge in [0.05, 0.1) is 13.2 Å². The molecule has 4 rings (SSSR count). The van der Waals surface area contributed by atoms with Crippen LogP contribution in [0.5, 0.6) is 0 Å². The second-order valence-electron chi connectivity index (χ2n) is 6.60. The molecule has 0 aliphatic carbocycles. The van der Waals surface area contributed by atoms with Crippen molar-refractivity contribution in [3.8, 4) is 0 Å². The van der Waals surface area contributed by atoms with Gasteiger partial charge < -0.3 is 19.7 Å². The molecule has 0 radical (unpaired) electrons. The van der Waals surface area contributed by atoms with Gasteiger partial charge in [-0.05, 0) is 25.1 Å². The van der Waals surface area contributed by atoms with Gasteiger partial charge in [-0.2, -0.15) is 4.98 Å². The molecule has 0 bridgehead atoms. The predicted octanol–water partition coefficient (Wildman–Crippen LogP) is 2.77. The van der Waals surface area contributed by atoms with Crippen molar-refractivity contribution in [1.82, 2.24) is 9.97 Å². The molecule has 2 aromatic rings. The molecule has 7 nitrogen and oxygen atoms in total. The Morgan fingerprint density at radius 2 is 1.96 bits per heavy atom. The third-order valence-corrected chi connectivity index (χ3v) is 4.83. The molecular weight excluding hydrogens is 332 g/mol. The minimum Gasteiger partial charge on any atom is -0.356 e. The Hall–Kier alpha value is -2.51. The number of Topliss-reactive ketones (excluding diaryl/α,β-unsaturated/α-hetero) is 1. The summed E-state index contributed by atoms with van der Waals surface area (Å²) in [6, 6.07) is 9.24. The van der Waals surface area contributed by atoms with Crippen molar-refractivity contribution in [3.63, 3.8) is 0 Å². The van der Waals surface area contributed by atoms with Crippen molar-refractivity contribution in [2.75, 3.05) is 36.5 Å². The van der Waals surface area contributed by atoms with E-state index < -0.39 is 5.79 Å². The van der Waals surface area contributed by atoms with Crippen molar-refractivity contribution in [2.24, 2.45) is 0 Å². The largest absolute Gasteiger partial charge is 0.356 e. The molecule has 2 aliphatic heterocycles. The molecule has 0 unspecified atom stereocenters. The number of nitrogens with zero attached hydrogens (tertiary/aromatic N) is 3. The van der Waals surface area contributed by atoms with E-state index in [1.165, 1.54) is 0 Å². The van der Waals surface area contributed by atoms with Crippen LogP contribution in [0.2, 0.25) is 0 Å². The van der Waals surface area contributed by atoms with Crippen molar-refractivity contribution in [3.05, 3.63) is 42.1 Å². The van der Waals surface area contributed by atoms with Crippen LogP contribution in [0.3, 0.4) is 0 Å². The van der Waals surface area contributed by atoms with Gasteiger partial charge in [-0.25, -0.2) is 4.98 Å². The number of rotatable bonds is 4. The van der Waals surface area contributed by atoms with E-state index in [2.05, 4.69) is 20.2 Å². The summed E-state index contributed by atoms with van der Waals surface area (Å²) in [5, 5.41) is 3.18. The highest BCUT2D eigenvalue weighted by Gasteiger charge is 2.40. The van der Waals surface area contributed by atoms with Crippen LogP contribution >= 0.6 is 0 Å². The first-order valence-corrected chi connectivity index (χ1v) is 8.88. The number of carbonyl (C=O) groups is 1. The number of anilines is 3. The minimum atomic E-state index is -0.391. The maximum absolute atomic E-state index is 11.5. The molecule has 26 heavy (non-hydrogen) atoms. The van der Waals surface area contributed by atoms with E-state index in [9.17, 15) is 4.79 Å². The number of ether oxygens (including phenoxy) is 2. The van der Waals surface area contributed by atoms with Gasteiger partial charge in [0.15, 0.2) is 11.6 Å². The van der Waals surface area contributed by atoms with Crippen molar-refractivity contribution >= 4 is 23.2 Å². The molecule has 2 fully saturated rings. The van der Waals surface area contributed by atoms with Gasteiger partial charge in [0, 0.05) is 43.4 Å². The number of carbonyl (C=O) groups excluding carboxylic acids is 1. The standard InChI is InChI=1S/C19H22N4O3/c1-14(24)15-3-2-4-16(13-15)21-18-20-8-5-17(22-18)23-9-6-19(7-10-23)25-11-12-26-19/h2-5,8,13H,6-7,9-12H2,1H3,(H,20,21,22). The Bertz CT molecular complexity index is 795. The Labute approximate surface area is 152 Å². The zero-order chi connectivity index (χ0) is 18.0. The second kappa shape index (κ2) is 7.01. The Kier molecular flexibility index (Phi) is 4.57. The average molecular weight is 354 g/mol. The van der Waals surface area contributed by atoms with Gasteiger partial charge in [0.2, 0.25) is 5.95 Å². The molecule has 0 atom stereocenters. The Morgan fingerprint density at radius 1 is 1.19 bits per heavy atom. The van der Waals surface area contributed by atoms with Crippen LogP contribution < -0.4 is 10.2 Å². The number of hydrogen-bond acceptors (Lipinski definition) is 7. The topological polar surface area (TPSA) is 76.6 Å². The molecule has 7 heteroatoms. The summed E-state index contributed by atoms with van der Waals surface area (Å²) >= 11 is 0. The normalized spacial score (nSPS) is 18.9. The average Bonchev–Trinajstić information content (AvgIpc) is 3.11. The van der Waals surface area contributed by atoms with Gasteiger partial charge >= 0.3 is 0 Å². The van der Waals surface area contributed by atoms with E-state index in [1.807, 2.05) is 18.2 Å². The molecule has 2 aliphatic rings. The summed E-state index contributed by atoms with van der Waals surface area (Å²) in [5.41, 5.74) is 1.45. The van der Waals surface area contributed by atoms with Crippen LogP contribution in [0.15, 0.2) is 36.5 Å². The summed E-state index contributed by atoms with van der Waals surface area (Å²) in [5.74, 6) is 1.02. The summed E-state index contributed by atoms with van der Waals surface area (Å²) in [6.07, 6.45) is 3.41. The maximum Gasteiger partial charge on any atom is 0.229 e. The van der Waals surface area contributed by atoms with E-state index >= 15 is 0 Å². The highest BCUT2D eigenvalue weighted by atomic mass is 16.7. The third kappa shape index (κ3) is 3.54. The van der Waals surface area contributed by atoms with Gasteiger partial charge in [-0.15, -0.1) is 0 Å². The number of benzene rings is 1. The monoisotopic (exact) mass is 354 g/mol.